The maximum atomic E-state index is 12.6. The third-order valence-corrected chi connectivity index (χ3v) is 13.1. The summed E-state index contributed by atoms with van der Waals surface area (Å²) in [5.41, 5.74) is -0.899. The van der Waals surface area contributed by atoms with Crippen molar-refractivity contribution < 1.29 is 24.9 Å². The Hall–Kier alpha value is -1.36. The summed E-state index contributed by atoms with van der Waals surface area (Å²) in [5, 5.41) is 35.8. The molecule has 9 atom stereocenters. The van der Waals surface area contributed by atoms with E-state index in [1.54, 1.807) is 6.92 Å². The van der Waals surface area contributed by atoms with E-state index in [0.29, 0.717) is 25.2 Å². The van der Waals surface area contributed by atoms with E-state index in [2.05, 4.69) is 40.7 Å². The van der Waals surface area contributed by atoms with Crippen molar-refractivity contribution in [1.82, 2.24) is 0 Å². The van der Waals surface area contributed by atoms with Crippen molar-refractivity contribution in [2.24, 2.45) is 50.2 Å². The van der Waals surface area contributed by atoms with Crippen LogP contribution in [0.1, 0.15) is 106 Å². The van der Waals surface area contributed by atoms with Gasteiger partial charge in [-0.15, -0.1) is 0 Å². The Bertz CT molecular complexity index is 983. The van der Waals surface area contributed by atoms with Crippen LogP contribution in [0.15, 0.2) is 11.6 Å². The van der Waals surface area contributed by atoms with Gasteiger partial charge in [0, 0.05) is 16.8 Å². The van der Waals surface area contributed by atoms with Crippen molar-refractivity contribution in [3.63, 3.8) is 0 Å². The van der Waals surface area contributed by atoms with Crippen LogP contribution in [0.4, 0.5) is 0 Å². The highest BCUT2D eigenvalue weighted by atomic mass is 16.4. The zero-order chi connectivity index (χ0) is 25.8. The molecule has 0 heterocycles. The summed E-state index contributed by atoms with van der Waals surface area (Å²) < 4.78 is 0. The van der Waals surface area contributed by atoms with Crippen LogP contribution >= 0.6 is 0 Å². The van der Waals surface area contributed by atoms with Gasteiger partial charge in [0.25, 0.3) is 0 Å². The van der Waals surface area contributed by atoms with Gasteiger partial charge in [-0.25, -0.2) is 0 Å². The first-order valence-electron chi connectivity index (χ1n) is 13.9. The number of hydrogen-bond acceptors (Lipinski definition) is 5. The maximum Gasteiger partial charge on any atom is 0.0649 e. The zero-order valence-corrected chi connectivity index (χ0v) is 22.5. The van der Waals surface area contributed by atoms with E-state index in [4.69, 9.17) is 0 Å². The highest BCUT2D eigenvalue weighted by molar-refractivity contribution is 5.75. The first-order chi connectivity index (χ1) is 16.1. The third-order valence-electron chi connectivity index (χ3n) is 13.1. The topological polar surface area (TPSA) is 100 Å². The number of aliphatic carboxylic acids is 2. The van der Waals surface area contributed by atoms with Crippen LogP contribution < -0.4 is 10.2 Å². The summed E-state index contributed by atoms with van der Waals surface area (Å²) in [6.07, 6.45) is 9.35. The number of hydrogen-bond donors (Lipinski definition) is 1. The fraction of sp³-hybridized carbons (Fsp3) is 0.867. The molecular formula is C30H44O5-2. The van der Waals surface area contributed by atoms with Crippen LogP contribution in [0.25, 0.3) is 0 Å². The summed E-state index contributed by atoms with van der Waals surface area (Å²) >= 11 is 0. The lowest BCUT2D eigenvalue weighted by Crippen LogP contribution is -2.68. The number of carboxylic acid groups (broad SMARTS) is 2. The molecule has 5 heteroatoms. The summed E-state index contributed by atoms with van der Waals surface area (Å²) in [5.74, 6) is -1.81. The number of allylic oxidation sites excluding steroid dienone is 2. The number of carbonyl (C=O) groups excluding carboxylic acids is 2. The standard InChI is InChI=1S/C30H46O5/c1-25(2)13-15-30(24(34)35)16-14-27(4)18(19(30)17-25)7-8-20-26(3)11-10-22(31)29(6,23(32)33)21(26)9-12-28(20,27)5/h7,19-22,31H,8-17H2,1-6H3,(H,32,33)(H,34,35)/p-2/t19-,20+,21+,22-,26+,27+,28+,29-,30-/m0/s1. The van der Waals surface area contributed by atoms with Crippen molar-refractivity contribution in [3.8, 4) is 0 Å². The minimum absolute atomic E-state index is 0.0139. The van der Waals surface area contributed by atoms with Gasteiger partial charge >= 0.3 is 0 Å². The Morgan fingerprint density at radius 3 is 2.14 bits per heavy atom. The van der Waals surface area contributed by atoms with Crippen LogP contribution in [0.5, 0.6) is 0 Å². The summed E-state index contributed by atoms with van der Waals surface area (Å²) in [4.78, 5) is 25.0. The zero-order valence-electron chi connectivity index (χ0n) is 22.5. The quantitative estimate of drug-likeness (QED) is 0.603. The fourth-order valence-electron chi connectivity index (χ4n) is 10.6. The summed E-state index contributed by atoms with van der Waals surface area (Å²) in [6, 6.07) is 0. The van der Waals surface area contributed by atoms with Crippen LogP contribution in [0.2, 0.25) is 0 Å². The van der Waals surface area contributed by atoms with E-state index in [9.17, 15) is 24.9 Å². The SMILES string of the molecule is CC1(C)CC[C@]2(C(=O)[O-])CC[C@]3(C)C(=CC[C@@H]4[C@@]5(C)CC[C@H](O)[C@@](C)(C(=O)[O-])[C@@H]5CC[C@]43C)[C@@H]2C1. The Balaban J connectivity index is 1.60. The van der Waals surface area contributed by atoms with Crippen LogP contribution in [0, 0.1) is 50.2 Å². The average molecular weight is 485 g/mol. The molecular weight excluding hydrogens is 440 g/mol. The first-order valence-corrected chi connectivity index (χ1v) is 13.9. The molecule has 5 nitrogen and oxygen atoms in total. The third kappa shape index (κ3) is 2.97. The van der Waals surface area contributed by atoms with E-state index in [-0.39, 0.29) is 33.5 Å². The molecule has 0 aromatic rings. The van der Waals surface area contributed by atoms with Gasteiger partial charge in [-0.05, 0) is 104 Å². The molecule has 0 aliphatic heterocycles. The van der Waals surface area contributed by atoms with Gasteiger partial charge in [-0.2, -0.15) is 0 Å². The molecule has 196 valence electrons. The fourth-order valence-corrected chi connectivity index (χ4v) is 10.6. The molecule has 5 rings (SSSR count). The molecule has 0 unspecified atom stereocenters. The van der Waals surface area contributed by atoms with E-state index < -0.39 is 28.9 Å². The molecule has 0 bridgehead atoms. The predicted octanol–water partition coefficient (Wildman–Crippen LogP) is 3.63. The Morgan fingerprint density at radius 2 is 1.51 bits per heavy atom. The van der Waals surface area contributed by atoms with E-state index in [1.807, 2.05) is 0 Å². The lowest BCUT2D eigenvalue weighted by molar-refractivity contribution is -0.335. The molecule has 0 aromatic carbocycles. The van der Waals surface area contributed by atoms with Gasteiger partial charge in [-0.1, -0.05) is 53.2 Å². The average Bonchev–Trinajstić information content (AvgIpc) is 2.76. The smallest absolute Gasteiger partial charge is 0.0649 e. The maximum absolute atomic E-state index is 12.6. The highest BCUT2D eigenvalue weighted by Gasteiger charge is 2.69. The number of aliphatic hydroxyl groups is 1. The van der Waals surface area contributed by atoms with Gasteiger partial charge in [0.15, 0.2) is 0 Å². The predicted molar refractivity (Wildman–Crippen MR) is 129 cm³/mol. The van der Waals surface area contributed by atoms with E-state index in [1.165, 1.54) is 5.57 Å². The van der Waals surface area contributed by atoms with E-state index in [0.717, 1.165) is 44.9 Å². The second-order valence-corrected chi connectivity index (χ2v) is 14.8. The number of carbonyl (C=O) groups is 2. The molecule has 35 heavy (non-hydrogen) atoms. The Kier molecular flexibility index (Phi) is 5.32. The molecule has 0 amide bonds. The van der Waals surface area contributed by atoms with Gasteiger partial charge in [0.05, 0.1) is 12.1 Å². The van der Waals surface area contributed by atoms with Crippen molar-refractivity contribution in [2.75, 3.05) is 0 Å². The minimum atomic E-state index is -1.23. The number of rotatable bonds is 2. The van der Waals surface area contributed by atoms with E-state index >= 15 is 0 Å². The lowest BCUT2D eigenvalue weighted by atomic mass is 9.33. The van der Waals surface area contributed by atoms with Crippen molar-refractivity contribution in [2.45, 2.75) is 112 Å². The lowest BCUT2D eigenvalue weighted by Gasteiger charge is -2.71. The number of fused-ring (bicyclic) bond motifs is 7. The van der Waals surface area contributed by atoms with Crippen molar-refractivity contribution in [1.29, 1.82) is 0 Å². The van der Waals surface area contributed by atoms with Gasteiger partial charge in [0.2, 0.25) is 0 Å². The molecule has 5 aliphatic carbocycles. The minimum Gasteiger partial charge on any atom is -0.550 e. The Morgan fingerprint density at radius 1 is 0.857 bits per heavy atom. The first kappa shape index (κ1) is 25.3. The summed E-state index contributed by atoms with van der Waals surface area (Å²) in [6.45, 7) is 13.3. The van der Waals surface area contributed by atoms with Crippen molar-refractivity contribution >= 4 is 11.9 Å². The highest BCUT2D eigenvalue weighted by Crippen LogP contribution is 2.75. The van der Waals surface area contributed by atoms with Gasteiger partial charge < -0.3 is 24.9 Å². The molecule has 0 aromatic heterocycles. The van der Waals surface area contributed by atoms with Crippen molar-refractivity contribution in [3.05, 3.63) is 11.6 Å². The van der Waals surface area contributed by atoms with Crippen LogP contribution in [0.3, 0.4) is 0 Å². The molecule has 4 saturated carbocycles. The molecule has 0 radical (unpaired) electrons. The molecule has 5 aliphatic rings. The number of aliphatic hydroxyl groups excluding tert-OH is 1. The van der Waals surface area contributed by atoms with Gasteiger partial charge in [-0.3, -0.25) is 0 Å². The van der Waals surface area contributed by atoms with Gasteiger partial charge in [0.1, 0.15) is 0 Å². The monoisotopic (exact) mass is 484 g/mol. The summed E-state index contributed by atoms with van der Waals surface area (Å²) in [7, 11) is 0. The molecule has 1 N–H and O–H groups in total. The normalized spacial score (nSPS) is 52.7. The van der Waals surface area contributed by atoms with Crippen LogP contribution in [-0.4, -0.2) is 23.1 Å². The molecule has 0 saturated heterocycles. The second kappa shape index (κ2) is 7.36. The number of carboxylic acids is 2. The van der Waals surface area contributed by atoms with Crippen LogP contribution in [-0.2, 0) is 9.59 Å². The molecule has 0 spiro atoms. The largest absolute Gasteiger partial charge is 0.550 e. The molecule has 4 fully saturated rings. The Labute approximate surface area is 210 Å². The second-order valence-electron chi connectivity index (χ2n) is 14.8.